The lowest BCUT2D eigenvalue weighted by molar-refractivity contribution is 0.481. The summed E-state index contributed by atoms with van der Waals surface area (Å²) in [6, 6.07) is 11.7. The maximum atomic E-state index is 13.4. The van der Waals surface area contributed by atoms with Gasteiger partial charge in [-0.15, -0.1) is 0 Å². The third-order valence-electron chi connectivity index (χ3n) is 2.99. The number of rotatable bonds is 3. The molecule has 3 rings (SSSR count). The third kappa shape index (κ3) is 2.21. The largest absolute Gasteiger partial charge is 0.457 e. The van der Waals surface area contributed by atoms with E-state index in [1.54, 1.807) is 0 Å². The van der Waals surface area contributed by atoms with Gasteiger partial charge in [-0.2, -0.15) is 0 Å². The highest BCUT2D eigenvalue weighted by atomic mass is 19.1. The number of nitrogens with two attached hydrogens (primary N) is 1. The van der Waals surface area contributed by atoms with Crippen molar-refractivity contribution in [2.45, 2.75) is 0 Å². The molecular formula is C15H12FN3O. The number of halogens is 1. The summed E-state index contributed by atoms with van der Waals surface area (Å²) in [6.45, 7) is 0. The summed E-state index contributed by atoms with van der Waals surface area (Å²) in [5.41, 5.74) is 6.37. The van der Waals surface area contributed by atoms with Crippen molar-refractivity contribution < 1.29 is 9.13 Å². The van der Waals surface area contributed by atoms with E-state index in [0.717, 1.165) is 10.9 Å². The van der Waals surface area contributed by atoms with Gasteiger partial charge in [0.15, 0.2) is 0 Å². The van der Waals surface area contributed by atoms with Crippen molar-refractivity contribution in [1.29, 1.82) is 5.41 Å². The fourth-order valence-corrected chi connectivity index (χ4v) is 2.01. The van der Waals surface area contributed by atoms with Gasteiger partial charge in [-0.05, 0) is 42.5 Å². The molecule has 3 aromatic rings. The predicted octanol–water partition coefficient (Wildman–Crippen LogP) is 3.38. The minimum absolute atomic E-state index is 0.0326. The second kappa shape index (κ2) is 4.70. The maximum absolute atomic E-state index is 13.4. The topological polar surface area (TPSA) is 74.9 Å². The zero-order valence-corrected chi connectivity index (χ0v) is 10.5. The lowest BCUT2D eigenvalue weighted by Crippen LogP contribution is -2.13. The summed E-state index contributed by atoms with van der Waals surface area (Å²) in [5, 5.41) is 8.34. The van der Waals surface area contributed by atoms with Gasteiger partial charge in [0.1, 0.15) is 23.2 Å². The molecule has 0 unspecified atom stereocenters. The van der Waals surface area contributed by atoms with Crippen LogP contribution in [-0.4, -0.2) is 10.8 Å². The van der Waals surface area contributed by atoms with E-state index in [0.29, 0.717) is 11.5 Å². The van der Waals surface area contributed by atoms with Crippen LogP contribution < -0.4 is 10.5 Å². The summed E-state index contributed by atoms with van der Waals surface area (Å²) in [4.78, 5) is 3.09. The van der Waals surface area contributed by atoms with E-state index < -0.39 is 5.82 Å². The smallest absolute Gasteiger partial charge is 0.134 e. The number of fused-ring (bicyclic) bond motifs is 1. The van der Waals surface area contributed by atoms with Gasteiger partial charge in [-0.1, -0.05) is 0 Å². The van der Waals surface area contributed by atoms with Crippen molar-refractivity contribution >= 4 is 16.7 Å². The minimum Gasteiger partial charge on any atom is -0.457 e. The predicted molar refractivity (Wildman–Crippen MR) is 75.8 cm³/mol. The Morgan fingerprint density at radius 1 is 1.10 bits per heavy atom. The van der Waals surface area contributed by atoms with E-state index in [1.165, 1.54) is 18.2 Å². The Kier molecular flexibility index (Phi) is 2.87. The SMILES string of the molecule is N=C(N)c1cc(Oc2ccc3[nH]ccc3c2)ccc1F. The molecule has 0 saturated heterocycles. The molecule has 1 aromatic heterocycles. The van der Waals surface area contributed by atoms with Gasteiger partial charge >= 0.3 is 0 Å². The molecule has 0 aliphatic rings. The molecule has 0 aliphatic carbocycles. The fourth-order valence-electron chi connectivity index (χ4n) is 2.01. The van der Waals surface area contributed by atoms with Crippen LogP contribution in [0.15, 0.2) is 48.7 Å². The highest BCUT2D eigenvalue weighted by Gasteiger charge is 2.08. The van der Waals surface area contributed by atoms with E-state index in [4.69, 9.17) is 15.9 Å². The number of aromatic nitrogens is 1. The van der Waals surface area contributed by atoms with Crippen LogP contribution in [0.5, 0.6) is 11.5 Å². The number of benzene rings is 2. The number of aromatic amines is 1. The second-order valence-corrected chi connectivity index (χ2v) is 4.38. The van der Waals surface area contributed by atoms with Gasteiger partial charge < -0.3 is 15.5 Å². The van der Waals surface area contributed by atoms with Gasteiger partial charge in [0, 0.05) is 17.1 Å². The minimum atomic E-state index is -0.536. The number of amidine groups is 1. The average molecular weight is 269 g/mol. The van der Waals surface area contributed by atoms with E-state index in [1.807, 2.05) is 30.5 Å². The number of nitrogens with one attached hydrogen (secondary N) is 2. The molecule has 0 saturated carbocycles. The molecule has 0 aliphatic heterocycles. The van der Waals surface area contributed by atoms with Crippen LogP contribution in [0.4, 0.5) is 4.39 Å². The first-order chi connectivity index (χ1) is 9.63. The number of hydrogen-bond donors (Lipinski definition) is 3. The lowest BCUT2D eigenvalue weighted by Gasteiger charge is -2.08. The highest BCUT2D eigenvalue weighted by Crippen LogP contribution is 2.26. The van der Waals surface area contributed by atoms with Gasteiger partial charge in [0.25, 0.3) is 0 Å². The Labute approximate surface area is 114 Å². The first-order valence-corrected chi connectivity index (χ1v) is 6.02. The van der Waals surface area contributed by atoms with Crippen LogP contribution in [-0.2, 0) is 0 Å². The zero-order chi connectivity index (χ0) is 14.1. The van der Waals surface area contributed by atoms with E-state index in [9.17, 15) is 4.39 Å². The molecular weight excluding hydrogens is 257 g/mol. The Bertz CT molecular complexity index is 795. The third-order valence-corrected chi connectivity index (χ3v) is 2.99. The quantitative estimate of drug-likeness (QED) is 0.503. The number of ether oxygens (including phenoxy) is 1. The molecule has 20 heavy (non-hydrogen) atoms. The molecule has 2 aromatic carbocycles. The van der Waals surface area contributed by atoms with Gasteiger partial charge in [0.05, 0.1) is 5.56 Å². The number of hydrogen-bond acceptors (Lipinski definition) is 2. The van der Waals surface area contributed by atoms with Gasteiger partial charge in [-0.3, -0.25) is 5.41 Å². The molecule has 0 bridgehead atoms. The molecule has 0 spiro atoms. The Morgan fingerprint density at radius 2 is 1.85 bits per heavy atom. The summed E-state index contributed by atoms with van der Waals surface area (Å²) >= 11 is 0. The molecule has 0 radical (unpaired) electrons. The van der Waals surface area contributed by atoms with Crippen LogP contribution in [0.1, 0.15) is 5.56 Å². The molecule has 4 nitrogen and oxygen atoms in total. The van der Waals surface area contributed by atoms with Crippen molar-refractivity contribution in [3.05, 3.63) is 60.0 Å². The highest BCUT2D eigenvalue weighted by molar-refractivity contribution is 5.95. The van der Waals surface area contributed by atoms with Crippen LogP contribution in [0, 0.1) is 11.2 Å². The molecule has 0 atom stereocenters. The molecule has 0 amide bonds. The zero-order valence-electron chi connectivity index (χ0n) is 10.5. The average Bonchev–Trinajstić information content (AvgIpc) is 2.88. The first kappa shape index (κ1) is 12.2. The standard InChI is InChI=1S/C15H12FN3O/c16-13-3-1-11(8-12(13)15(17)18)20-10-2-4-14-9(7-10)5-6-19-14/h1-8,19H,(H3,17,18). The number of H-pyrrole nitrogens is 1. The van der Waals surface area contributed by atoms with Crippen LogP contribution >= 0.6 is 0 Å². The van der Waals surface area contributed by atoms with Crippen molar-refractivity contribution in [3.8, 4) is 11.5 Å². The first-order valence-electron chi connectivity index (χ1n) is 6.02. The lowest BCUT2D eigenvalue weighted by atomic mass is 10.2. The Hall–Kier alpha value is -2.82. The van der Waals surface area contributed by atoms with Crippen LogP contribution in [0.3, 0.4) is 0 Å². The summed E-state index contributed by atoms with van der Waals surface area (Å²) in [6.07, 6.45) is 1.85. The van der Waals surface area contributed by atoms with Gasteiger partial charge in [-0.25, -0.2) is 4.39 Å². The van der Waals surface area contributed by atoms with Gasteiger partial charge in [0.2, 0.25) is 0 Å². The molecule has 0 fully saturated rings. The van der Waals surface area contributed by atoms with Crippen molar-refractivity contribution in [2.24, 2.45) is 5.73 Å². The van der Waals surface area contributed by atoms with Crippen molar-refractivity contribution in [3.63, 3.8) is 0 Å². The fraction of sp³-hybridized carbons (Fsp3) is 0. The van der Waals surface area contributed by atoms with E-state index in [2.05, 4.69) is 4.98 Å². The summed E-state index contributed by atoms with van der Waals surface area (Å²) < 4.78 is 19.1. The molecule has 100 valence electrons. The summed E-state index contributed by atoms with van der Waals surface area (Å²) in [7, 11) is 0. The maximum Gasteiger partial charge on any atom is 0.134 e. The molecule has 1 heterocycles. The van der Waals surface area contributed by atoms with E-state index in [-0.39, 0.29) is 11.4 Å². The molecule has 4 N–H and O–H groups in total. The molecule has 5 heteroatoms. The summed E-state index contributed by atoms with van der Waals surface area (Å²) in [5.74, 6) is 0.213. The monoisotopic (exact) mass is 269 g/mol. The Balaban J connectivity index is 1.94. The van der Waals surface area contributed by atoms with Crippen LogP contribution in [0.2, 0.25) is 0 Å². The second-order valence-electron chi connectivity index (χ2n) is 4.38. The van der Waals surface area contributed by atoms with Crippen molar-refractivity contribution in [1.82, 2.24) is 4.98 Å². The van der Waals surface area contributed by atoms with E-state index >= 15 is 0 Å². The normalized spacial score (nSPS) is 10.7. The van der Waals surface area contributed by atoms with Crippen LogP contribution in [0.25, 0.3) is 10.9 Å². The number of nitrogen functional groups attached to an aromatic ring is 1. The van der Waals surface area contributed by atoms with Crippen molar-refractivity contribution in [2.75, 3.05) is 0 Å². The Morgan fingerprint density at radius 3 is 2.65 bits per heavy atom.